The highest BCUT2D eigenvalue weighted by molar-refractivity contribution is 5.84. The van der Waals surface area contributed by atoms with Crippen LogP contribution in [-0.4, -0.2) is 41.2 Å². The predicted molar refractivity (Wildman–Crippen MR) is 51.1 cm³/mol. The number of alkyl halides is 2. The summed E-state index contributed by atoms with van der Waals surface area (Å²) in [5, 5.41) is 18.8. The van der Waals surface area contributed by atoms with E-state index in [9.17, 15) is 18.4 Å². The third-order valence-electron chi connectivity index (χ3n) is 1.96. The quantitative estimate of drug-likeness (QED) is 0.619. The molecule has 0 rings (SSSR count). The van der Waals surface area contributed by atoms with Gasteiger partial charge in [-0.2, -0.15) is 0 Å². The fourth-order valence-electron chi connectivity index (χ4n) is 0.823. The Kier molecular flexibility index (Phi) is 4.80. The minimum Gasteiger partial charge on any atom is -0.481 e. The standard InChI is InChI=1S/C9H15F2NO4/c1-8(2,7(15)16)3-6(14)12-4-9(10,11)5-13/h13H,3-5H2,1-2H3,(H,12,14)(H,15,16). The molecule has 0 aliphatic heterocycles. The second-order valence-corrected chi connectivity index (χ2v) is 4.16. The maximum atomic E-state index is 12.5. The smallest absolute Gasteiger partial charge is 0.309 e. The molecule has 7 heteroatoms. The normalized spacial score (nSPS) is 12.3. The van der Waals surface area contributed by atoms with Crippen LogP contribution in [0.25, 0.3) is 0 Å². The van der Waals surface area contributed by atoms with Gasteiger partial charge in [0.15, 0.2) is 0 Å². The zero-order valence-corrected chi connectivity index (χ0v) is 9.09. The first-order chi connectivity index (χ1) is 7.10. The lowest BCUT2D eigenvalue weighted by Crippen LogP contribution is -2.41. The zero-order chi connectivity index (χ0) is 13.0. The summed E-state index contributed by atoms with van der Waals surface area (Å²) >= 11 is 0. The summed E-state index contributed by atoms with van der Waals surface area (Å²) < 4.78 is 25.0. The summed E-state index contributed by atoms with van der Waals surface area (Å²) in [5.74, 6) is -5.36. The molecule has 0 spiro atoms. The largest absolute Gasteiger partial charge is 0.481 e. The lowest BCUT2D eigenvalue weighted by Gasteiger charge is -2.19. The summed E-state index contributed by atoms with van der Waals surface area (Å²) in [6, 6.07) is 0. The van der Waals surface area contributed by atoms with Crippen molar-refractivity contribution in [3.05, 3.63) is 0 Å². The maximum absolute atomic E-state index is 12.5. The molecular formula is C9H15F2NO4. The molecular weight excluding hydrogens is 224 g/mol. The number of hydrogen-bond acceptors (Lipinski definition) is 3. The highest BCUT2D eigenvalue weighted by Gasteiger charge is 2.32. The van der Waals surface area contributed by atoms with E-state index in [0.717, 1.165) is 0 Å². The second-order valence-electron chi connectivity index (χ2n) is 4.16. The Morgan fingerprint density at radius 3 is 2.19 bits per heavy atom. The Labute approximate surface area is 91.5 Å². The molecule has 0 saturated carbocycles. The van der Waals surface area contributed by atoms with E-state index < -0.39 is 42.8 Å². The molecule has 0 radical (unpaired) electrons. The van der Waals surface area contributed by atoms with E-state index in [1.807, 2.05) is 5.32 Å². The van der Waals surface area contributed by atoms with Gasteiger partial charge in [0.05, 0.1) is 12.0 Å². The highest BCUT2D eigenvalue weighted by Crippen LogP contribution is 2.20. The van der Waals surface area contributed by atoms with E-state index in [1.165, 1.54) is 13.8 Å². The number of nitrogens with one attached hydrogen (secondary N) is 1. The molecule has 1 amide bonds. The third-order valence-corrected chi connectivity index (χ3v) is 1.96. The number of halogens is 2. The molecule has 0 aromatic rings. The average Bonchev–Trinajstić information content (AvgIpc) is 2.14. The van der Waals surface area contributed by atoms with E-state index in [0.29, 0.717) is 0 Å². The minimum absolute atomic E-state index is 0.399. The van der Waals surface area contributed by atoms with Crippen molar-refractivity contribution in [3.8, 4) is 0 Å². The fraction of sp³-hybridized carbons (Fsp3) is 0.778. The molecule has 16 heavy (non-hydrogen) atoms. The first-order valence-electron chi connectivity index (χ1n) is 4.59. The Morgan fingerprint density at radius 2 is 1.81 bits per heavy atom. The molecule has 0 atom stereocenters. The topological polar surface area (TPSA) is 86.6 Å². The summed E-state index contributed by atoms with van der Waals surface area (Å²) in [6.07, 6.45) is -0.399. The van der Waals surface area contributed by atoms with Gasteiger partial charge in [-0.1, -0.05) is 0 Å². The number of carbonyl (C=O) groups is 2. The van der Waals surface area contributed by atoms with Crippen LogP contribution < -0.4 is 5.32 Å². The van der Waals surface area contributed by atoms with Crippen molar-refractivity contribution >= 4 is 11.9 Å². The van der Waals surface area contributed by atoms with Crippen LogP contribution in [0.3, 0.4) is 0 Å². The Hall–Kier alpha value is -1.24. The van der Waals surface area contributed by atoms with Crippen molar-refractivity contribution in [1.29, 1.82) is 0 Å². The highest BCUT2D eigenvalue weighted by atomic mass is 19.3. The summed E-state index contributed by atoms with van der Waals surface area (Å²) in [5.41, 5.74) is -1.31. The number of aliphatic hydroxyl groups excluding tert-OH is 1. The van der Waals surface area contributed by atoms with Crippen molar-refractivity contribution < 1.29 is 28.6 Å². The molecule has 3 N–H and O–H groups in total. The Morgan fingerprint density at radius 1 is 1.31 bits per heavy atom. The number of rotatable bonds is 6. The van der Waals surface area contributed by atoms with E-state index in [-0.39, 0.29) is 0 Å². The van der Waals surface area contributed by atoms with Crippen LogP contribution >= 0.6 is 0 Å². The molecule has 5 nitrogen and oxygen atoms in total. The summed E-state index contributed by atoms with van der Waals surface area (Å²) in [7, 11) is 0. The molecule has 0 aliphatic carbocycles. The predicted octanol–water partition coefficient (Wildman–Crippen LogP) is 0.231. The van der Waals surface area contributed by atoms with Crippen LogP contribution in [0.15, 0.2) is 0 Å². The molecule has 0 heterocycles. The molecule has 0 saturated heterocycles. The van der Waals surface area contributed by atoms with Crippen molar-refractivity contribution in [2.75, 3.05) is 13.2 Å². The van der Waals surface area contributed by atoms with Crippen molar-refractivity contribution in [2.45, 2.75) is 26.2 Å². The van der Waals surface area contributed by atoms with Gasteiger partial charge in [0.25, 0.3) is 5.92 Å². The number of amides is 1. The van der Waals surface area contributed by atoms with Crippen molar-refractivity contribution in [3.63, 3.8) is 0 Å². The number of carboxylic acid groups (broad SMARTS) is 1. The van der Waals surface area contributed by atoms with Gasteiger partial charge in [0.2, 0.25) is 5.91 Å². The SMILES string of the molecule is CC(C)(CC(=O)NCC(F)(F)CO)C(=O)O. The lowest BCUT2D eigenvalue weighted by molar-refractivity contribution is -0.149. The van der Waals surface area contributed by atoms with Gasteiger partial charge < -0.3 is 15.5 Å². The second kappa shape index (κ2) is 5.20. The summed E-state index contributed by atoms with van der Waals surface area (Å²) in [6.45, 7) is 0.270. The number of aliphatic carboxylic acids is 1. The number of hydrogen-bond donors (Lipinski definition) is 3. The third kappa shape index (κ3) is 5.01. The number of aliphatic hydroxyl groups is 1. The first-order valence-corrected chi connectivity index (χ1v) is 4.59. The van der Waals surface area contributed by atoms with Crippen LogP contribution in [0.4, 0.5) is 8.78 Å². The zero-order valence-electron chi connectivity index (χ0n) is 9.09. The van der Waals surface area contributed by atoms with Gasteiger partial charge >= 0.3 is 5.97 Å². The van der Waals surface area contributed by atoms with Gasteiger partial charge in [0, 0.05) is 6.42 Å². The lowest BCUT2D eigenvalue weighted by atomic mass is 9.89. The Bertz CT molecular complexity index is 279. The average molecular weight is 239 g/mol. The van der Waals surface area contributed by atoms with Gasteiger partial charge in [-0.25, -0.2) is 8.78 Å². The molecule has 0 aromatic carbocycles. The minimum atomic E-state index is -3.39. The maximum Gasteiger partial charge on any atom is 0.309 e. The van der Waals surface area contributed by atoms with E-state index in [2.05, 4.69) is 0 Å². The van der Waals surface area contributed by atoms with Crippen LogP contribution in [0.1, 0.15) is 20.3 Å². The van der Waals surface area contributed by atoms with Gasteiger partial charge in [-0.05, 0) is 13.8 Å². The van der Waals surface area contributed by atoms with E-state index in [1.54, 1.807) is 0 Å². The van der Waals surface area contributed by atoms with Crippen LogP contribution in [0.2, 0.25) is 0 Å². The van der Waals surface area contributed by atoms with Crippen LogP contribution in [-0.2, 0) is 9.59 Å². The van der Waals surface area contributed by atoms with Crippen LogP contribution in [0, 0.1) is 5.41 Å². The van der Waals surface area contributed by atoms with Crippen molar-refractivity contribution in [1.82, 2.24) is 5.32 Å². The van der Waals surface area contributed by atoms with Crippen molar-refractivity contribution in [2.24, 2.45) is 5.41 Å². The summed E-state index contributed by atoms with van der Waals surface area (Å²) in [4.78, 5) is 21.8. The number of carboxylic acids is 1. The first kappa shape index (κ1) is 14.8. The van der Waals surface area contributed by atoms with E-state index in [4.69, 9.17) is 10.2 Å². The van der Waals surface area contributed by atoms with E-state index >= 15 is 0 Å². The molecule has 0 aliphatic rings. The monoisotopic (exact) mass is 239 g/mol. The molecule has 0 unspecified atom stereocenters. The molecule has 0 fully saturated rings. The van der Waals surface area contributed by atoms with Crippen LogP contribution in [0.5, 0.6) is 0 Å². The number of carbonyl (C=O) groups excluding carboxylic acids is 1. The van der Waals surface area contributed by atoms with Gasteiger partial charge in [-0.15, -0.1) is 0 Å². The van der Waals surface area contributed by atoms with Gasteiger partial charge in [0.1, 0.15) is 6.61 Å². The molecule has 94 valence electrons. The molecule has 0 bridgehead atoms. The fourth-order valence-corrected chi connectivity index (χ4v) is 0.823. The van der Waals surface area contributed by atoms with Gasteiger partial charge in [-0.3, -0.25) is 9.59 Å². The Balaban J connectivity index is 4.16. The molecule has 0 aromatic heterocycles.